The number of anilines is 2. The average Bonchev–Trinajstić information content (AvgIpc) is 2.05. The van der Waals surface area contributed by atoms with Gasteiger partial charge in [0.15, 0.2) is 0 Å². The van der Waals surface area contributed by atoms with E-state index >= 15 is 0 Å². The van der Waals surface area contributed by atoms with Crippen molar-refractivity contribution in [3.05, 3.63) is 17.8 Å². The Balaban J connectivity index is 3.05. The number of hydrogen-bond acceptors (Lipinski definition) is 4. The first-order chi connectivity index (χ1) is 5.65. The molecule has 0 saturated heterocycles. The molecule has 0 unspecified atom stereocenters. The van der Waals surface area contributed by atoms with Crippen LogP contribution in [0.1, 0.15) is 5.69 Å². The lowest BCUT2D eigenvalue weighted by atomic mass is 10.3. The summed E-state index contributed by atoms with van der Waals surface area (Å²) in [6.07, 6.45) is 0. The Bertz CT molecular complexity index is 270. The third-order valence-electron chi connectivity index (χ3n) is 1.65. The van der Waals surface area contributed by atoms with Gasteiger partial charge in [-0.3, -0.25) is 0 Å². The van der Waals surface area contributed by atoms with E-state index in [1.807, 2.05) is 31.1 Å². The van der Waals surface area contributed by atoms with Crippen molar-refractivity contribution in [1.29, 1.82) is 0 Å². The second-order valence-corrected chi connectivity index (χ2v) is 2.80. The van der Waals surface area contributed by atoms with Gasteiger partial charge in [-0.2, -0.15) is 0 Å². The van der Waals surface area contributed by atoms with Crippen molar-refractivity contribution in [3.63, 3.8) is 0 Å². The van der Waals surface area contributed by atoms with Gasteiger partial charge in [-0.25, -0.2) is 4.98 Å². The molecule has 12 heavy (non-hydrogen) atoms. The Kier molecular flexibility index (Phi) is 2.50. The van der Waals surface area contributed by atoms with Crippen molar-refractivity contribution in [3.8, 4) is 0 Å². The predicted molar refractivity (Wildman–Crippen MR) is 50.9 cm³/mol. The third kappa shape index (κ3) is 1.65. The smallest absolute Gasteiger partial charge is 0.128 e. The topological polar surface area (TPSA) is 68.2 Å². The molecule has 0 radical (unpaired) electrons. The highest BCUT2D eigenvalue weighted by Crippen LogP contribution is 2.13. The Morgan fingerprint density at radius 2 is 2.08 bits per heavy atom. The summed E-state index contributed by atoms with van der Waals surface area (Å²) < 4.78 is 0. The fourth-order valence-corrected chi connectivity index (χ4v) is 0.913. The largest absolute Gasteiger partial charge is 0.397 e. The molecule has 1 aromatic rings. The summed E-state index contributed by atoms with van der Waals surface area (Å²) in [5.74, 6) is 0.879. The average molecular weight is 166 g/mol. The number of nitrogens with zero attached hydrogens (tertiary/aromatic N) is 2. The summed E-state index contributed by atoms with van der Waals surface area (Å²) in [7, 11) is 3.86. The normalized spacial score (nSPS) is 9.92. The van der Waals surface area contributed by atoms with Gasteiger partial charge in [-0.15, -0.1) is 0 Å². The molecule has 0 bridgehead atoms. The van der Waals surface area contributed by atoms with E-state index in [0.717, 1.165) is 11.5 Å². The van der Waals surface area contributed by atoms with Crippen molar-refractivity contribution >= 4 is 11.5 Å². The standard InChI is InChI=1S/C8H14N4/c1-12(2)8-4-3-6(10)7(5-9)11-8/h3-4H,5,9-10H2,1-2H3. The van der Waals surface area contributed by atoms with Crippen LogP contribution in [-0.4, -0.2) is 19.1 Å². The molecule has 4 nitrogen and oxygen atoms in total. The van der Waals surface area contributed by atoms with E-state index in [4.69, 9.17) is 11.5 Å². The zero-order valence-electron chi connectivity index (χ0n) is 7.41. The van der Waals surface area contributed by atoms with Gasteiger partial charge in [-0.1, -0.05) is 0 Å². The van der Waals surface area contributed by atoms with E-state index in [1.54, 1.807) is 0 Å². The molecule has 0 saturated carbocycles. The van der Waals surface area contributed by atoms with Gasteiger partial charge >= 0.3 is 0 Å². The van der Waals surface area contributed by atoms with Crippen LogP contribution in [0.15, 0.2) is 12.1 Å². The first kappa shape index (κ1) is 8.80. The zero-order valence-corrected chi connectivity index (χ0v) is 7.41. The summed E-state index contributed by atoms with van der Waals surface area (Å²) in [5.41, 5.74) is 12.5. The van der Waals surface area contributed by atoms with Gasteiger partial charge in [0.05, 0.1) is 11.4 Å². The molecule has 0 aliphatic rings. The van der Waals surface area contributed by atoms with Crippen LogP contribution < -0.4 is 16.4 Å². The first-order valence-electron chi connectivity index (χ1n) is 3.78. The highest BCUT2D eigenvalue weighted by molar-refractivity contribution is 5.50. The maximum atomic E-state index is 5.64. The summed E-state index contributed by atoms with van der Waals surface area (Å²) in [5, 5.41) is 0. The van der Waals surface area contributed by atoms with Crippen LogP contribution >= 0.6 is 0 Å². The van der Waals surface area contributed by atoms with E-state index in [2.05, 4.69) is 4.98 Å². The van der Waals surface area contributed by atoms with Crippen molar-refractivity contribution in [2.75, 3.05) is 24.7 Å². The number of aromatic nitrogens is 1. The summed E-state index contributed by atoms with van der Waals surface area (Å²) in [6.45, 7) is 0.382. The van der Waals surface area contributed by atoms with Gasteiger partial charge in [0.1, 0.15) is 5.82 Å². The summed E-state index contributed by atoms with van der Waals surface area (Å²) in [6, 6.07) is 3.69. The van der Waals surface area contributed by atoms with Crippen molar-refractivity contribution in [1.82, 2.24) is 4.98 Å². The highest BCUT2D eigenvalue weighted by Gasteiger charge is 2.01. The van der Waals surface area contributed by atoms with Gasteiger partial charge in [0, 0.05) is 20.6 Å². The van der Waals surface area contributed by atoms with Gasteiger partial charge in [0.2, 0.25) is 0 Å². The molecule has 66 valence electrons. The Morgan fingerprint density at radius 1 is 1.42 bits per heavy atom. The lowest BCUT2D eigenvalue weighted by molar-refractivity contribution is 0.966. The van der Waals surface area contributed by atoms with Crippen LogP contribution in [0.3, 0.4) is 0 Å². The monoisotopic (exact) mass is 166 g/mol. The second-order valence-electron chi connectivity index (χ2n) is 2.80. The second kappa shape index (κ2) is 3.40. The van der Waals surface area contributed by atoms with Crippen molar-refractivity contribution in [2.45, 2.75) is 6.54 Å². The molecule has 4 N–H and O–H groups in total. The number of pyridine rings is 1. The molecule has 0 atom stereocenters. The molecule has 1 aromatic heterocycles. The number of nitrogens with two attached hydrogens (primary N) is 2. The molecule has 4 heteroatoms. The lowest BCUT2D eigenvalue weighted by Gasteiger charge is -2.12. The van der Waals surface area contributed by atoms with Crippen LogP contribution in [-0.2, 0) is 6.54 Å². The Labute approximate surface area is 72.2 Å². The minimum absolute atomic E-state index is 0.382. The minimum Gasteiger partial charge on any atom is -0.397 e. The summed E-state index contributed by atoms with van der Waals surface area (Å²) in [4.78, 5) is 6.18. The molecule has 0 spiro atoms. The third-order valence-corrected chi connectivity index (χ3v) is 1.65. The van der Waals surface area contributed by atoms with Crippen LogP contribution in [0.4, 0.5) is 11.5 Å². The molecule has 0 aliphatic heterocycles. The minimum atomic E-state index is 0.382. The molecule has 0 amide bonds. The number of hydrogen-bond donors (Lipinski definition) is 2. The van der Waals surface area contributed by atoms with Gasteiger partial charge in [-0.05, 0) is 12.1 Å². The quantitative estimate of drug-likeness (QED) is 0.658. The van der Waals surface area contributed by atoms with Gasteiger partial charge in [0.25, 0.3) is 0 Å². The lowest BCUT2D eigenvalue weighted by Crippen LogP contribution is -2.13. The zero-order chi connectivity index (χ0) is 9.14. The first-order valence-corrected chi connectivity index (χ1v) is 3.78. The molecule has 1 heterocycles. The summed E-state index contributed by atoms with van der Waals surface area (Å²) >= 11 is 0. The van der Waals surface area contributed by atoms with E-state index in [1.165, 1.54) is 0 Å². The molecular formula is C8H14N4. The van der Waals surface area contributed by atoms with Crippen LogP contribution in [0, 0.1) is 0 Å². The molecule has 1 rings (SSSR count). The SMILES string of the molecule is CN(C)c1ccc(N)c(CN)n1. The van der Waals surface area contributed by atoms with Crippen molar-refractivity contribution in [2.24, 2.45) is 5.73 Å². The Morgan fingerprint density at radius 3 is 2.58 bits per heavy atom. The van der Waals surface area contributed by atoms with Crippen LogP contribution in [0.5, 0.6) is 0 Å². The van der Waals surface area contributed by atoms with E-state index in [-0.39, 0.29) is 0 Å². The molecule has 0 aromatic carbocycles. The highest BCUT2D eigenvalue weighted by atomic mass is 15.1. The maximum Gasteiger partial charge on any atom is 0.128 e. The Hall–Kier alpha value is -1.29. The molecular weight excluding hydrogens is 152 g/mol. The van der Waals surface area contributed by atoms with Crippen molar-refractivity contribution < 1.29 is 0 Å². The van der Waals surface area contributed by atoms with E-state index < -0.39 is 0 Å². The fraction of sp³-hybridized carbons (Fsp3) is 0.375. The fourth-order valence-electron chi connectivity index (χ4n) is 0.913. The van der Waals surface area contributed by atoms with Crippen LogP contribution in [0.2, 0.25) is 0 Å². The molecule has 0 aliphatic carbocycles. The maximum absolute atomic E-state index is 5.64. The number of nitrogen functional groups attached to an aromatic ring is 1. The van der Waals surface area contributed by atoms with E-state index in [0.29, 0.717) is 12.2 Å². The predicted octanol–water partition coefficient (Wildman–Crippen LogP) is 0.189. The van der Waals surface area contributed by atoms with Gasteiger partial charge < -0.3 is 16.4 Å². The number of rotatable bonds is 2. The van der Waals surface area contributed by atoms with Crippen LogP contribution in [0.25, 0.3) is 0 Å². The van der Waals surface area contributed by atoms with E-state index in [9.17, 15) is 0 Å². The molecule has 0 fully saturated rings.